The Labute approximate surface area is 119 Å². The molecule has 1 aliphatic rings. The van der Waals surface area contributed by atoms with Crippen LogP contribution < -0.4 is 0 Å². The van der Waals surface area contributed by atoms with Crippen molar-refractivity contribution in [3.05, 3.63) is 41.8 Å². The first-order valence-corrected chi connectivity index (χ1v) is 6.98. The predicted molar refractivity (Wildman–Crippen MR) is 78.8 cm³/mol. The lowest BCUT2D eigenvalue weighted by molar-refractivity contribution is 0.616. The zero-order valence-electron chi connectivity index (χ0n) is 11.8. The van der Waals surface area contributed by atoms with Crippen molar-refractivity contribution in [2.75, 3.05) is 0 Å². The second-order valence-corrected chi connectivity index (χ2v) is 4.57. The summed E-state index contributed by atoms with van der Waals surface area (Å²) >= 11 is 0. The first kappa shape index (κ1) is 14.3. The summed E-state index contributed by atoms with van der Waals surface area (Å²) in [5.41, 5.74) is 2.85. The summed E-state index contributed by atoms with van der Waals surface area (Å²) in [6.07, 6.45) is 1.61. The third-order valence-electron chi connectivity index (χ3n) is 3.33. The fraction of sp³-hybridized carbons (Fsp3) is 0.333. The normalized spacial score (nSPS) is 13.0. The summed E-state index contributed by atoms with van der Waals surface area (Å²) in [6.45, 7) is 4.88. The highest BCUT2D eigenvalue weighted by Crippen LogP contribution is 2.23. The van der Waals surface area contributed by atoms with Gasteiger partial charge < -0.3 is 0 Å². The SMILES string of the molecule is CC.N#CB1CCn2nc(-c3ccc(F)cc3)cc2C1. The van der Waals surface area contributed by atoms with Gasteiger partial charge in [-0.1, -0.05) is 13.8 Å². The van der Waals surface area contributed by atoms with Crippen LogP contribution in [0.25, 0.3) is 11.3 Å². The van der Waals surface area contributed by atoms with Gasteiger partial charge in [-0.2, -0.15) is 5.10 Å². The van der Waals surface area contributed by atoms with Crippen molar-refractivity contribution in [2.24, 2.45) is 0 Å². The Hall–Kier alpha value is -2.09. The number of fused-ring (bicyclic) bond motifs is 1. The minimum atomic E-state index is -0.243. The van der Waals surface area contributed by atoms with Crippen molar-refractivity contribution in [1.29, 1.82) is 5.26 Å². The summed E-state index contributed by atoms with van der Waals surface area (Å²) in [5, 5.41) is 13.5. The van der Waals surface area contributed by atoms with Crippen LogP contribution in [0.5, 0.6) is 0 Å². The quantitative estimate of drug-likeness (QED) is 0.745. The minimum Gasteiger partial charge on any atom is -0.270 e. The molecule has 2 aromatic rings. The van der Waals surface area contributed by atoms with E-state index in [0.717, 1.165) is 36.1 Å². The van der Waals surface area contributed by atoms with E-state index in [2.05, 4.69) is 11.1 Å². The van der Waals surface area contributed by atoms with E-state index in [1.54, 1.807) is 12.1 Å². The van der Waals surface area contributed by atoms with E-state index in [-0.39, 0.29) is 12.5 Å². The fourth-order valence-corrected chi connectivity index (χ4v) is 2.32. The van der Waals surface area contributed by atoms with Crippen LogP contribution in [0.3, 0.4) is 0 Å². The van der Waals surface area contributed by atoms with Crippen molar-refractivity contribution in [3.63, 3.8) is 0 Å². The zero-order valence-corrected chi connectivity index (χ0v) is 11.8. The number of aromatic nitrogens is 2. The maximum atomic E-state index is 12.9. The molecule has 3 rings (SSSR count). The first-order chi connectivity index (χ1) is 9.76. The fourth-order valence-electron chi connectivity index (χ4n) is 2.32. The molecule has 0 aliphatic carbocycles. The van der Waals surface area contributed by atoms with Gasteiger partial charge in [0.15, 0.2) is 0 Å². The number of nitrogens with zero attached hydrogens (tertiary/aromatic N) is 3. The van der Waals surface area contributed by atoms with Crippen LogP contribution in [0.4, 0.5) is 4.39 Å². The number of aryl methyl sites for hydroxylation is 1. The molecule has 0 unspecified atom stereocenters. The van der Waals surface area contributed by atoms with Gasteiger partial charge in [0.25, 0.3) is 6.71 Å². The Kier molecular flexibility index (Phi) is 4.57. The average Bonchev–Trinajstić information content (AvgIpc) is 2.92. The summed E-state index contributed by atoms with van der Waals surface area (Å²) in [5.74, 6) is 2.07. The molecule has 0 amide bonds. The number of nitriles is 1. The van der Waals surface area contributed by atoms with Crippen molar-refractivity contribution in [1.82, 2.24) is 9.78 Å². The third kappa shape index (κ3) is 2.90. The van der Waals surface area contributed by atoms with E-state index in [1.807, 2.05) is 24.6 Å². The minimum absolute atomic E-state index is 0.0928. The smallest absolute Gasteiger partial charge is 0.270 e. The van der Waals surface area contributed by atoms with E-state index in [9.17, 15) is 4.39 Å². The Morgan fingerprint density at radius 1 is 1.30 bits per heavy atom. The number of hydrogen-bond acceptors (Lipinski definition) is 2. The molecule has 0 atom stereocenters. The van der Waals surface area contributed by atoms with Crippen LogP contribution in [0, 0.1) is 17.0 Å². The lowest BCUT2D eigenvalue weighted by Gasteiger charge is -2.14. The van der Waals surface area contributed by atoms with Gasteiger partial charge in [0.1, 0.15) is 5.82 Å². The highest BCUT2D eigenvalue weighted by atomic mass is 19.1. The maximum absolute atomic E-state index is 12.9. The number of halogens is 1. The molecule has 1 aliphatic heterocycles. The molecule has 2 heterocycles. The largest absolute Gasteiger partial charge is 0.275 e. The third-order valence-corrected chi connectivity index (χ3v) is 3.33. The molecule has 0 bridgehead atoms. The molecular formula is C15H17BFN3. The standard InChI is InChI=1S/C13H11BFN3.C2H6/c15-11-3-1-10(2-4-11)13-7-12-8-14(9-16)5-6-18(12)17-13;1-2/h1-4,7H,5-6,8H2;1-2H3. The monoisotopic (exact) mass is 269 g/mol. The van der Waals surface area contributed by atoms with Crippen LogP contribution in [-0.4, -0.2) is 16.5 Å². The molecule has 1 aromatic heterocycles. The molecule has 0 saturated carbocycles. The Morgan fingerprint density at radius 3 is 2.65 bits per heavy atom. The number of hydrogen-bond donors (Lipinski definition) is 0. The van der Waals surface area contributed by atoms with E-state index >= 15 is 0 Å². The van der Waals surface area contributed by atoms with Crippen molar-refractivity contribution >= 4 is 6.71 Å². The van der Waals surface area contributed by atoms with Crippen molar-refractivity contribution in [2.45, 2.75) is 33.0 Å². The van der Waals surface area contributed by atoms with Crippen LogP contribution in [0.15, 0.2) is 30.3 Å². The van der Waals surface area contributed by atoms with E-state index in [1.165, 1.54) is 12.1 Å². The molecule has 0 spiro atoms. The molecule has 102 valence electrons. The summed E-state index contributed by atoms with van der Waals surface area (Å²) in [4.78, 5) is 0. The van der Waals surface area contributed by atoms with Gasteiger partial charge in [-0.05, 0) is 43.0 Å². The van der Waals surface area contributed by atoms with Crippen LogP contribution in [0.2, 0.25) is 6.32 Å². The van der Waals surface area contributed by atoms with Crippen molar-refractivity contribution < 1.29 is 4.39 Å². The maximum Gasteiger partial charge on any atom is 0.275 e. The Morgan fingerprint density at radius 2 is 2.00 bits per heavy atom. The van der Waals surface area contributed by atoms with Gasteiger partial charge >= 0.3 is 0 Å². The molecule has 0 N–H and O–H groups in total. The number of rotatable bonds is 1. The molecular weight excluding hydrogens is 252 g/mol. The van der Waals surface area contributed by atoms with Crippen molar-refractivity contribution in [3.8, 4) is 17.2 Å². The Balaban J connectivity index is 0.000000704. The van der Waals surface area contributed by atoms with E-state index in [4.69, 9.17) is 5.26 Å². The summed E-state index contributed by atoms with van der Waals surface area (Å²) in [7, 11) is 0. The molecule has 0 saturated heterocycles. The van der Waals surface area contributed by atoms with Gasteiger partial charge in [-0.3, -0.25) is 4.68 Å². The molecule has 20 heavy (non-hydrogen) atoms. The molecule has 0 radical (unpaired) electrons. The highest BCUT2D eigenvalue weighted by Gasteiger charge is 2.23. The first-order valence-electron chi connectivity index (χ1n) is 6.98. The van der Waals surface area contributed by atoms with Gasteiger partial charge in [-0.25, -0.2) is 9.65 Å². The van der Waals surface area contributed by atoms with Crippen LogP contribution in [-0.2, 0) is 12.9 Å². The average molecular weight is 269 g/mol. The summed E-state index contributed by atoms with van der Waals surface area (Å²) in [6, 6.07) is 8.32. The molecule has 1 aromatic carbocycles. The molecule has 0 fully saturated rings. The molecule has 5 heteroatoms. The topological polar surface area (TPSA) is 41.6 Å². The van der Waals surface area contributed by atoms with Gasteiger partial charge in [0.2, 0.25) is 0 Å². The van der Waals surface area contributed by atoms with Gasteiger partial charge in [0.05, 0.1) is 5.69 Å². The van der Waals surface area contributed by atoms with Gasteiger partial charge in [0, 0.05) is 23.8 Å². The van der Waals surface area contributed by atoms with E-state index < -0.39 is 0 Å². The van der Waals surface area contributed by atoms with Crippen LogP contribution in [0.1, 0.15) is 19.5 Å². The molecule has 3 nitrogen and oxygen atoms in total. The van der Waals surface area contributed by atoms with E-state index in [0.29, 0.717) is 0 Å². The van der Waals surface area contributed by atoms with Gasteiger partial charge in [-0.15, -0.1) is 0 Å². The number of benzene rings is 1. The second kappa shape index (κ2) is 6.38. The van der Waals surface area contributed by atoms with Crippen LogP contribution >= 0.6 is 0 Å². The zero-order chi connectivity index (χ0) is 14.5. The second-order valence-electron chi connectivity index (χ2n) is 4.57. The Bertz CT molecular complexity index is 613. The lowest BCUT2D eigenvalue weighted by atomic mass is 9.45. The predicted octanol–water partition coefficient (Wildman–Crippen LogP) is 3.37. The lowest BCUT2D eigenvalue weighted by Crippen LogP contribution is -2.25. The highest BCUT2D eigenvalue weighted by molar-refractivity contribution is 6.66. The summed E-state index contributed by atoms with van der Waals surface area (Å²) < 4.78 is 14.8.